The van der Waals surface area contributed by atoms with E-state index in [1.807, 2.05) is 24.3 Å². The van der Waals surface area contributed by atoms with Crippen LogP contribution in [0.4, 0.5) is 0 Å². The largest absolute Gasteiger partial charge is 0.496 e. The molecule has 5 rings (SSSR count). The van der Waals surface area contributed by atoms with Gasteiger partial charge in [-0.25, -0.2) is 0 Å². The van der Waals surface area contributed by atoms with Gasteiger partial charge in [-0.3, -0.25) is 0 Å². The van der Waals surface area contributed by atoms with Gasteiger partial charge in [0.15, 0.2) is 0 Å². The van der Waals surface area contributed by atoms with Crippen LogP contribution in [-0.2, 0) is 0 Å². The zero-order valence-corrected chi connectivity index (χ0v) is 38.4. The van der Waals surface area contributed by atoms with Gasteiger partial charge in [0.2, 0.25) is 0 Å². The van der Waals surface area contributed by atoms with E-state index in [4.69, 9.17) is 18.9 Å². The highest BCUT2D eigenvalue weighted by molar-refractivity contribution is 5.65. The lowest BCUT2D eigenvalue weighted by Gasteiger charge is -2.40. The Kier molecular flexibility index (Phi) is 12.2. The van der Waals surface area contributed by atoms with E-state index < -0.39 is 45.3 Å². The van der Waals surface area contributed by atoms with Crippen molar-refractivity contribution in [3.05, 3.63) is 115 Å². The molecule has 4 unspecified atom stereocenters. The second kappa shape index (κ2) is 16.2. The van der Waals surface area contributed by atoms with E-state index >= 15 is 0 Å². The molecular formula is C52H60N4O4. The summed E-state index contributed by atoms with van der Waals surface area (Å²) in [4.78, 5) is 0. The third kappa shape index (κ3) is 8.02. The Bertz CT molecular complexity index is 2150. The first-order chi connectivity index (χ1) is 27.9. The van der Waals surface area contributed by atoms with E-state index in [0.29, 0.717) is 45.3 Å². The number of ether oxygens (including phenoxy) is 4. The van der Waals surface area contributed by atoms with Crippen LogP contribution in [-0.4, -0.2) is 28.4 Å². The first kappa shape index (κ1) is 45.1. The Hall–Kier alpha value is -5.96. The fourth-order valence-corrected chi connectivity index (χ4v) is 9.81. The molecule has 0 amide bonds. The molecule has 4 aromatic carbocycles. The lowest BCUT2D eigenvalue weighted by Crippen LogP contribution is -2.27. The molecule has 0 spiro atoms. The summed E-state index contributed by atoms with van der Waals surface area (Å²) in [6, 6.07) is 25.7. The number of rotatable bonds is 4. The fraction of sp³-hybridized carbons (Fsp3) is 0.462. The second-order valence-corrected chi connectivity index (χ2v) is 20.4. The predicted octanol–water partition coefficient (Wildman–Crippen LogP) is 12.2. The molecular weight excluding hydrogens is 745 g/mol. The van der Waals surface area contributed by atoms with Crippen LogP contribution in [0.3, 0.4) is 0 Å². The van der Waals surface area contributed by atoms with Gasteiger partial charge in [0.1, 0.15) is 23.0 Å². The van der Waals surface area contributed by atoms with Gasteiger partial charge in [-0.1, -0.05) is 83.1 Å². The van der Waals surface area contributed by atoms with E-state index in [2.05, 4.69) is 132 Å². The number of hydrogen-bond acceptors (Lipinski definition) is 8. The third-order valence-electron chi connectivity index (χ3n) is 12.0. The molecule has 312 valence electrons. The minimum absolute atomic E-state index is 0.419. The summed E-state index contributed by atoms with van der Waals surface area (Å²) < 4.78 is 24.7. The van der Waals surface area contributed by atoms with Crippen molar-refractivity contribution in [2.24, 2.45) is 21.7 Å². The quantitative estimate of drug-likeness (QED) is 0.199. The average Bonchev–Trinajstić information content (AvgIpc) is 3.16. The zero-order valence-electron chi connectivity index (χ0n) is 38.4. The molecule has 8 nitrogen and oxygen atoms in total. The van der Waals surface area contributed by atoms with Crippen LogP contribution in [0.5, 0.6) is 23.0 Å². The smallest absolute Gasteiger partial charge is 0.124 e. The van der Waals surface area contributed by atoms with Crippen LogP contribution in [0, 0.1) is 67.0 Å². The van der Waals surface area contributed by atoms with E-state index in [-0.39, 0.29) is 0 Å². The van der Waals surface area contributed by atoms with Crippen molar-refractivity contribution in [1.29, 1.82) is 21.0 Å². The maximum Gasteiger partial charge on any atom is 0.124 e. The maximum absolute atomic E-state index is 10.9. The Morgan fingerprint density at radius 3 is 0.600 bits per heavy atom. The summed E-state index contributed by atoms with van der Waals surface area (Å²) in [6.45, 7) is 25.7. The second-order valence-electron chi connectivity index (χ2n) is 20.4. The molecule has 8 bridgehead atoms. The van der Waals surface area contributed by atoms with Gasteiger partial charge in [-0.2, -0.15) is 21.0 Å². The Morgan fingerprint density at radius 1 is 0.317 bits per heavy atom. The van der Waals surface area contributed by atoms with Crippen molar-refractivity contribution >= 4 is 0 Å². The molecule has 1 aliphatic carbocycles. The summed E-state index contributed by atoms with van der Waals surface area (Å²) in [7, 11) is 6.45. The van der Waals surface area contributed by atoms with Crippen molar-refractivity contribution in [2.75, 3.05) is 28.4 Å². The lowest BCUT2D eigenvalue weighted by molar-refractivity contribution is 0.325. The Morgan fingerprint density at radius 2 is 0.483 bits per heavy atom. The van der Waals surface area contributed by atoms with E-state index in [9.17, 15) is 21.0 Å². The first-order valence-corrected chi connectivity index (χ1v) is 20.4. The molecule has 8 heteroatoms. The molecule has 4 atom stereocenters. The number of hydrogen-bond donors (Lipinski definition) is 0. The zero-order chi connectivity index (χ0) is 44.9. The minimum Gasteiger partial charge on any atom is -0.496 e. The standard InChI is InChI=1S/C52H60N4O4/c1-49(2,3)45-33-21-38(42(58-14)17-29(33)25-53)47(51(7,8)9)35-23-40(44(60-16)19-31(35)27-55)48(52(10,11)12)36-24-39(43(59-15)20-32(36)28-56)46(50(4,5)6)34-22-37(45)41(57-13)18-30(34)26-54/h17-24,45-48H,1-16H3. The van der Waals surface area contributed by atoms with Crippen LogP contribution in [0.1, 0.15) is 174 Å². The SMILES string of the molecule is COc1cc(C#N)c2cc1C(C(C)(C)C)c1cc(c(OC)cc1C#N)C(C(C)(C)C)c1cc(c(OC)cc1C#N)C(C(C)(C)C)c1cc(c(OC)cc1C#N)C2C(C)(C)C. The predicted molar refractivity (Wildman–Crippen MR) is 236 cm³/mol. The number of methoxy groups -OCH3 is 4. The monoisotopic (exact) mass is 804 g/mol. The number of nitriles is 4. The van der Waals surface area contributed by atoms with Crippen molar-refractivity contribution in [3.8, 4) is 47.3 Å². The highest BCUT2D eigenvalue weighted by Crippen LogP contribution is 2.56. The number of benzene rings is 4. The lowest BCUT2D eigenvalue weighted by atomic mass is 9.64. The van der Waals surface area contributed by atoms with Crippen molar-refractivity contribution < 1.29 is 18.9 Å². The molecule has 0 aromatic heterocycles. The van der Waals surface area contributed by atoms with Gasteiger partial charge in [0.25, 0.3) is 0 Å². The topological polar surface area (TPSA) is 132 Å². The van der Waals surface area contributed by atoms with Crippen molar-refractivity contribution in [2.45, 2.75) is 107 Å². The van der Waals surface area contributed by atoms with E-state index in [1.165, 1.54) is 0 Å². The summed E-state index contributed by atoms with van der Waals surface area (Å²) in [5.41, 5.74) is 6.27. The maximum atomic E-state index is 10.9. The van der Waals surface area contributed by atoms with Crippen LogP contribution < -0.4 is 18.9 Å². The van der Waals surface area contributed by atoms with Crippen LogP contribution in [0.15, 0.2) is 48.5 Å². The molecule has 60 heavy (non-hydrogen) atoms. The van der Waals surface area contributed by atoms with Gasteiger partial charge in [0, 0.05) is 45.9 Å². The van der Waals surface area contributed by atoms with Gasteiger partial charge >= 0.3 is 0 Å². The highest BCUT2D eigenvalue weighted by atomic mass is 16.5. The van der Waals surface area contributed by atoms with E-state index in [0.717, 1.165) is 44.5 Å². The summed E-state index contributed by atoms with van der Waals surface area (Å²) >= 11 is 0. The minimum atomic E-state index is -0.486. The molecule has 0 saturated carbocycles. The normalized spacial score (nSPS) is 17.9. The van der Waals surface area contributed by atoms with Crippen molar-refractivity contribution in [3.63, 3.8) is 0 Å². The van der Waals surface area contributed by atoms with Gasteiger partial charge < -0.3 is 18.9 Å². The Balaban J connectivity index is 2.23. The van der Waals surface area contributed by atoms with Crippen LogP contribution in [0.2, 0.25) is 0 Å². The number of fused-ring (bicyclic) bond motifs is 8. The molecule has 0 saturated heterocycles. The van der Waals surface area contributed by atoms with Crippen molar-refractivity contribution in [1.82, 2.24) is 0 Å². The fourth-order valence-electron chi connectivity index (χ4n) is 9.81. The molecule has 0 fully saturated rings. The molecule has 0 radical (unpaired) electrons. The van der Waals surface area contributed by atoms with E-state index in [1.54, 1.807) is 28.4 Å². The third-order valence-corrected chi connectivity index (χ3v) is 12.0. The molecule has 0 N–H and O–H groups in total. The summed E-state index contributed by atoms with van der Waals surface area (Å²) in [5, 5.41) is 43.7. The van der Waals surface area contributed by atoms with Gasteiger partial charge in [0.05, 0.1) is 75.0 Å². The highest BCUT2D eigenvalue weighted by Gasteiger charge is 2.42. The molecule has 4 aromatic rings. The van der Waals surface area contributed by atoms with Crippen LogP contribution in [0.25, 0.3) is 0 Å². The molecule has 0 aliphatic heterocycles. The molecule has 0 heterocycles. The molecule has 1 aliphatic rings. The Labute approximate surface area is 358 Å². The number of nitrogens with zero attached hydrogens (tertiary/aromatic N) is 4. The first-order valence-electron chi connectivity index (χ1n) is 20.4. The summed E-state index contributed by atoms with van der Waals surface area (Å²) in [6.07, 6.45) is 0. The van der Waals surface area contributed by atoms with Gasteiger partial charge in [-0.05, 0) is 92.4 Å². The summed E-state index contributed by atoms with van der Waals surface area (Å²) in [5.74, 6) is 0.453. The van der Waals surface area contributed by atoms with Crippen LogP contribution >= 0.6 is 0 Å². The van der Waals surface area contributed by atoms with Gasteiger partial charge in [-0.15, -0.1) is 0 Å². The average molecular weight is 805 g/mol.